The van der Waals surface area contributed by atoms with Crippen molar-refractivity contribution in [3.05, 3.63) is 35.4 Å². The molecule has 29 heavy (non-hydrogen) atoms. The van der Waals surface area contributed by atoms with Crippen LogP contribution in [-0.4, -0.2) is 61.8 Å². The van der Waals surface area contributed by atoms with Gasteiger partial charge in [-0.25, -0.2) is 0 Å². The van der Waals surface area contributed by atoms with E-state index in [2.05, 4.69) is 0 Å². The second-order valence-electron chi connectivity index (χ2n) is 6.46. The molecule has 0 spiro atoms. The van der Waals surface area contributed by atoms with Gasteiger partial charge in [-0.05, 0) is 18.6 Å². The largest absolute Gasteiger partial charge is 0.504 e. The molecular weight excluding hydrogens is 378 g/mol. The Kier molecular flexibility index (Phi) is 8.23. The summed E-state index contributed by atoms with van der Waals surface area (Å²) in [6.45, 7) is 1.25. The third-order valence-corrected chi connectivity index (χ3v) is 4.59. The van der Waals surface area contributed by atoms with Gasteiger partial charge >= 0.3 is 0 Å². The smallest absolute Gasteiger partial charge is 0.164 e. The maximum atomic E-state index is 10.5. The molecule has 0 unspecified atom stereocenters. The SMILES string of the molecule is COc1cc(CN(CCCO)Cc2cc(OC)cc(OC)c2O)c(O)c(OC)c1. The summed E-state index contributed by atoms with van der Waals surface area (Å²) >= 11 is 0. The minimum atomic E-state index is 0.0229. The van der Waals surface area contributed by atoms with Crippen molar-refractivity contribution in [1.82, 2.24) is 4.90 Å². The quantitative estimate of drug-likeness (QED) is 0.522. The van der Waals surface area contributed by atoms with E-state index in [1.165, 1.54) is 14.2 Å². The van der Waals surface area contributed by atoms with Crippen LogP contribution in [0.2, 0.25) is 0 Å². The van der Waals surface area contributed by atoms with Gasteiger partial charge in [-0.2, -0.15) is 0 Å². The molecule has 0 atom stereocenters. The zero-order valence-electron chi connectivity index (χ0n) is 17.3. The van der Waals surface area contributed by atoms with E-state index in [-0.39, 0.29) is 18.1 Å². The Balaban J connectivity index is 2.36. The van der Waals surface area contributed by atoms with Crippen molar-refractivity contribution >= 4 is 0 Å². The Morgan fingerprint density at radius 1 is 0.724 bits per heavy atom. The normalized spacial score (nSPS) is 10.8. The predicted octanol–water partition coefficient (Wildman–Crippen LogP) is 2.52. The van der Waals surface area contributed by atoms with Crippen molar-refractivity contribution in [3.63, 3.8) is 0 Å². The molecule has 0 saturated heterocycles. The van der Waals surface area contributed by atoms with Gasteiger partial charge in [0.2, 0.25) is 0 Å². The second-order valence-corrected chi connectivity index (χ2v) is 6.46. The van der Waals surface area contributed by atoms with E-state index in [9.17, 15) is 15.3 Å². The fraction of sp³-hybridized carbons (Fsp3) is 0.429. The standard InChI is InChI=1S/C21H29NO7/c1-26-16-8-14(20(24)18(10-16)28-3)12-22(6-5-7-23)13-15-9-17(27-2)11-19(29-4)21(15)25/h8-11,23-25H,5-7,12-13H2,1-4H3. The van der Waals surface area contributed by atoms with Crippen LogP contribution in [-0.2, 0) is 13.1 Å². The van der Waals surface area contributed by atoms with E-state index in [0.29, 0.717) is 60.2 Å². The Bertz CT molecular complexity index is 747. The lowest BCUT2D eigenvalue weighted by Gasteiger charge is -2.24. The predicted molar refractivity (Wildman–Crippen MR) is 108 cm³/mol. The lowest BCUT2D eigenvalue weighted by Crippen LogP contribution is -2.25. The highest BCUT2D eigenvalue weighted by atomic mass is 16.5. The molecule has 3 N–H and O–H groups in total. The van der Waals surface area contributed by atoms with Gasteiger partial charge in [0.1, 0.15) is 11.5 Å². The Hall–Kier alpha value is -2.84. The van der Waals surface area contributed by atoms with Gasteiger partial charge in [0, 0.05) is 49.5 Å². The van der Waals surface area contributed by atoms with E-state index >= 15 is 0 Å². The van der Waals surface area contributed by atoms with Crippen molar-refractivity contribution in [3.8, 4) is 34.5 Å². The number of ether oxygens (including phenoxy) is 4. The number of aromatic hydroxyl groups is 2. The molecule has 160 valence electrons. The van der Waals surface area contributed by atoms with Crippen LogP contribution >= 0.6 is 0 Å². The minimum Gasteiger partial charge on any atom is -0.504 e. The van der Waals surface area contributed by atoms with Crippen LogP contribution in [0.3, 0.4) is 0 Å². The number of rotatable bonds is 11. The number of aliphatic hydroxyl groups excluding tert-OH is 1. The van der Waals surface area contributed by atoms with Crippen LogP contribution in [0, 0.1) is 0 Å². The summed E-state index contributed by atoms with van der Waals surface area (Å²) < 4.78 is 21.0. The third kappa shape index (κ3) is 5.58. The number of phenols is 2. The molecule has 0 aliphatic rings. The maximum Gasteiger partial charge on any atom is 0.164 e. The molecule has 0 bridgehead atoms. The molecule has 0 amide bonds. The fourth-order valence-corrected chi connectivity index (χ4v) is 3.05. The Morgan fingerprint density at radius 2 is 1.17 bits per heavy atom. The lowest BCUT2D eigenvalue weighted by molar-refractivity contribution is 0.208. The molecule has 0 radical (unpaired) electrons. The first-order chi connectivity index (χ1) is 14.0. The molecule has 0 saturated carbocycles. The summed E-state index contributed by atoms with van der Waals surface area (Å²) in [5.41, 5.74) is 1.21. The van der Waals surface area contributed by atoms with Gasteiger partial charge in [-0.3, -0.25) is 4.90 Å². The molecule has 2 aromatic rings. The van der Waals surface area contributed by atoms with Crippen LogP contribution < -0.4 is 18.9 Å². The molecule has 0 fully saturated rings. The molecule has 2 rings (SSSR count). The van der Waals surface area contributed by atoms with Crippen LogP contribution in [0.25, 0.3) is 0 Å². The van der Waals surface area contributed by atoms with Crippen molar-refractivity contribution < 1.29 is 34.3 Å². The lowest BCUT2D eigenvalue weighted by atomic mass is 10.1. The molecule has 8 heteroatoms. The monoisotopic (exact) mass is 407 g/mol. The van der Waals surface area contributed by atoms with Gasteiger partial charge in [0.05, 0.1) is 28.4 Å². The molecule has 0 heterocycles. The van der Waals surface area contributed by atoms with Gasteiger partial charge < -0.3 is 34.3 Å². The first kappa shape index (κ1) is 22.4. The Labute approximate surface area is 170 Å². The highest BCUT2D eigenvalue weighted by Crippen LogP contribution is 2.37. The number of nitrogens with zero attached hydrogens (tertiary/aromatic N) is 1. The first-order valence-corrected chi connectivity index (χ1v) is 9.18. The van der Waals surface area contributed by atoms with Crippen molar-refractivity contribution in [2.24, 2.45) is 0 Å². The number of phenolic OH excluding ortho intramolecular Hbond substituents is 2. The van der Waals surface area contributed by atoms with E-state index in [1.807, 2.05) is 4.90 Å². The van der Waals surface area contributed by atoms with Crippen molar-refractivity contribution in [1.29, 1.82) is 0 Å². The summed E-state index contributed by atoms with van der Waals surface area (Å²) in [6, 6.07) is 6.68. The summed E-state index contributed by atoms with van der Waals surface area (Å²) in [5.74, 6) is 1.79. The van der Waals surface area contributed by atoms with Crippen LogP contribution in [0.1, 0.15) is 17.5 Å². The van der Waals surface area contributed by atoms with Crippen LogP contribution in [0.5, 0.6) is 34.5 Å². The average molecular weight is 407 g/mol. The zero-order chi connectivity index (χ0) is 21.4. The Morgan fingerprint density at radius 3 is 1.52 bits per heavy atom. The summed E-state index contributed by atoms with van der Waals surface area (Å²) in [4.78, 5) is 1.98. The third-order valence-electron chi connectivity index (χ3n) is 4.59. The fourth-order valence-electron chi connectivity index (χ4n) is 3.05. The topological polar surface area (TPSA) is 101 Å². The van der Waals surface area contributed by atoms with E-state index in [1.54, 1.807) is 38.5 Å². The number of hydrogen-bond acceptors (Lipinski definition) is 8. The van der Waals surface area contributed by atoms with Crippen LogP contribution in [0.4, 0.5) is 0 Å². The molecule has 0 aliphatic heterocycles. The minimum absolute atomic E-state index is 0.0229. The number of hydrogen-bond donors (Lipinski definition) is 3. The van der Waals surface area contributed by atoms with Gasteiger partial charge in [-0.1, -0.05) is 0 Å². The molecular formula is C21H29NO7. The van der Waals surface area contributed by atoms with Crippen LogP contribution in [0.15, 0.2) is 24.3 Å². The molecule has 2 aromatic carbocycles. The highest BCUT2D eigenvalue weighted by molar-refractivity contribution is 5.52. The summed E-state index contributed by atoms with van der Waals surface area (Å²) in [6.07, 6.45) is 0.531. The van der Waals surface area contributed by atoms with Crippen molar-refractivity contribution in [2.75, 3.05) is 41.6 Å². The maximum absolute atomic E-state index is 10.5. The van der Waals surface area contributed by atoms with E-state index < -0.39 is 0 Å². The number of benzene rings is 2. The summed E-state index contributed by atoms with van der Waals surface area (Å²) in [5, 5.41) is 30.3. The van der Waals surface area contributed by atoms with Gasteiger partial charge in [0.15, 0.2) is 23.0 Å². The van der Waals surface area contributed by atoms with Crippen molar-refractivity contribution in [2.45, 2.75) is 19.5 Å². The van der Waals surface area contributed by atoms with E-state index in [0.717, 1.165) is 0 Å². The molecule has 8 nitrogen and oxygen atoms in total. The first-order valence-electron chi connectivity index (χ1n) is 9.18. The average Bonchev–Trinajstić information content (AvgIpc) is 2.74. The summed E-state index contributed by atoms with van der Waals surface area (Å²) in [7, 11) is 6.03. The highest BCUT2D eigenvalue weighted by Gasteiger charge is 2.18. The zero-order valence-corrected chi connectivity index (χ0v) is 17.3. The molecule has 0 aromatic heterocycles. The van der Waals surface area contributed by atoms with Gasteiger partial charge in [0.25, 0.3) is 0 Å². The molecule has 0 aliphatic carbocycles. The van der Waals surface area contributed by atoms with E-state index in [4.69, 9.17) is 18.9 Å². The second kappa shape index (κ2) is 10.6. The number of methoxy groups -OCH3 is 4. The van der Waals surface area contributed by atoms with Gasteiger partial charge in [-0.15, -0.1) is 0 Å². The number of aliphatic hydroxyl groups is 1.